The molecule has 2 aliphatic rings. The maximum absolute atomic E-state index is 10.2. The second kappa shape index (κ2) is 4.27. The molecule has 0 bridgehead atoms. The number of benzene rings is 1. The SMILES string of the molecule is COc1ccc2c(c1)CC[C@H]1C[C@](C)(O)CC[C@@H]21. The number of aliphatic hydroxyl groups is 1. The third-order valence-corrected chi connectivity index (χ3v) is 4.80. The smallest absolute Gasteiger partial charge is 0.119 e. The van der Waals surface area contributed by atoms with Gasteiger partial charge in [-0.05, 0) is 74.1 Å². The first-order valence-corrected chi connectivity index (χ1v) is 6.98. The molecule has 1 N–H and O–H groups in total. The van der Waals surface area contributed by atoms with Crippen LogP contribution in [-0.2, 0) is 6.42 Å². The molecule has 1 aromatic carbocycles. The third kappa shape index (κ3) is 2.03. The van der Waals surface area contributed by atoms with Crippen molar-refractivity contribution in [3.8, 4) is 5.75 Å². The molecule has 1 fully saturated rings. The molecule has 0 saturated heterocycles. The Morgan fingerprint density at radius 1 is 1.33 bits per heavy atom. The van der Waals surface area contributed by atoms with E-state index in [4.69, 9.17) is 4.74 Å². The maximum atomic E-state index is 10.2. The Balaban J connectivity index is 1.90. The van der Waals surface area contributed by atoms with Crippen LogP contribution in [0.15, 0.2) is 18.2 Å². The van der Waals surface area contributed by atoms with Gasteiger partial charge in [0.25, 0.3) is 0 Å². The number of hydrogen-bond donors (Lipinski definition) is 1. The zero-order valence-corrected chi connectivity index (χ0v) is 11.3. The topological polar surface area (TPSA) is 29.5 Å². The average molecular weight is 246 g/mol. The molecule has 3 atom stereocenters. The molecule has 3 rings (SSSR count). The van der Waals surface area contributed by atoms with E-state index in [2.05, 4.69) is 18.2 Å². The molecule has 1 aromatic rings. The van der Waals surface area contributed by atoms with Gasteiger partial charge in [-0.2, -0.15) is 0 Å². The Labute approximate surface area is 109 Å². The lowest BCUT2D eigenvalue weighted by Crippen LogP contribution is -2.37. The number of fused-ring (bicyclic) bond motifs is 3. The molecule has 0 aliphatic heterocycles. The fourth-order valence-electron chi connectivity index (χ4n) is 3.85. The molecule has 18 heavy (non-hydrogen) atoms. The highest BCUT2D eigenvalue weighted by Gasteiger charge is 2.39. The molecule has 2 nitrogen and oxygen atoms in total. The largest absolute Gasteiger partial charge is 0.497 e. The molecular formula is C16H22O2. The van der Waals surface area contributed by atoms with Gasteiger partial charge < -0.3 is 9.84 Å². The average Bonchev–Trinajstić information content (AvgIpc) is 2.36. The minimum Gasteiger partial charge on any atom is -0.497 e. The van der Waals surface area contributed by atoms with Crippen molar-refractivity contribution >= 4 is 0 Å². The number of ether oxygens (including phenoxy) is 1. The maximum Gasteiger partial charge on any atom is 0.119 e. The van der Waals surface area contributed by atoms with E-state index >= 15 is 0 Å². The van der Waals surface area contributed by atoms with Crippen LogP contribution < -0.4 is 4.74 Å². The molecule has 0 radical (unpaired) electrons. The van der Waals surface area contributed by atoms with Gasteiger partial charge >= 0.3 is 0 Å². The van der Waals surface area contributed by atoms with E-state index in [-0.39, 0.29) is 0 Å². The van der Waals surface area contributed by atoms with Gasteiger partial charge in [-0.25, -0.2) is 0 Å². The highest BCUT2D eigenvalue weighted by molar-refractivity contribution is 5.40. The van der Waals surface area contributed by atoms with Gasteiger partial charge in [0.05, 0.1) is 12.7 Å². The van der Waals surface area contributed by atoms with Crippen LogP contribution in [0.2, 0.25) is 0 Å². The molecule has 0 spiro atoms. The van der Waals surface area contributed by atoms with Crippen LogP contribution in [0.4, 0.5) is 0 Å². The minimum atomic E-state index is -0.439. The van der Waals surface area contributed by atoms with Crippen LogP contribution in [0.5, 0.6) is 5.75 Å². The first-order valence-electron chi connectivity index (χ1n) is 6.98. The van der Waals surface area contributed by atoms with Gasteiger partial charge in [-0.1, -0.05) is 6.07 Å². The van der Waals surface area contributed by atoms with E-state index in [9.17, 15) is 5.11 Å². The van der Waals surface area contributed by atoms with E-state index < -0.39 is 5.60 Å². The second-order valence-electron chi connectivity index (χ2n) is 6.21. The van der Waals surface area contributed by atoms with Crippen molar-refractivity contribution in [1.29, 1.82) is 0 Å². The lowest BCUT2D eigenvalue weighted by Gasteiger charge is -2.43. The number of methoxy groups -OCH3 is 1. The Morgan fingerprint density at radius 2 is 2.17 bits per heavy atom. The molecule has 98 valence electrons. The Hall–Kier alpha value is -1.02. The van der Waals surface area contributed by atoms with E-state index in [0.717, 1.165) is 31.4 Å². The van der Waals surface area contributed by atoms with Crippen molar-refractivity contribution in [2.45, 2.75) is 50.5 Å². The minimum absolute atomic E-state index is 0.439. The highest BCUT2D eigenvalue weighted by Crippen LogP contribution is 2.48. The van der Waals surface area contributed by atoms with Crippen molar-refractivity contribution in [1.82, 2.24) is 0 Å². The van der Waals surface area contributed by atoms with Crippen molar-refractivity contribution in [2.75, 3.05) is 7.11 Å². The molecule has 0 aromatic heterocycles. The zero-order valence-electron chi connectivity index (χ0n) is 11.3. The van der Waals surface area contributed by atoms with Crippen LogP contribution in [0.25, 0.3) is 0 Å². The first-order chi connectivity index (χ1) is 8.59. The summed E-state index contributed by atoms with van der Waals surface area (Å²) in [4.78, 5) is 0. The summed E-state index contributed by atoms with van der Waals surface area (Å²) in [7, 11) is 1.73. The Kier molecular flexibility index (Phi) is 2.86. The number of rotatable bonds is 1. The highest BCUT2D eigenvalue weighted by atomic mass is 16.5. The van der Waals surface area contributed by atoms with Crippen molar-refractivity contribution in [3.63, 3.8) is 0 Å². The van der Waals surface area contributed by atoms with Crippen LogP contribution in [0.3, 0.4) is 0 Å². The van der Waals surface area contributed by atoms with Gasteiger partial charge in [-0.15, -0.1) is 0 Å². The van der Waals surface area contributed by atoms with Crippen LogP contribution in [-0.4, -0.2) is 17.8 Å². The summed E-state index contributed by atoms with van der Waals surface area (Å²) in [6, 6.07) is 6.51. The van der Waals surface area contributed by atoms with Crippen molar-refractivity contribution in [2.24, 2.45) is 5.92 Å². The summed E-state index contributed by atoms with van der Waals surface area (Å²) in [6.07, 6.45) is 5.35. The summed E-state index contributed by atoms with van der Waals surface area (Å²) in [5.74, 6) is 2.28. The number of hydrogen-bond acceptors (Lipinski definition) is 2. The van der Waals surface area contributed by atoms with E-state index in [0.29, 0.717) is 11.8 Å². The van der Waals surface area contributed by atoms with Crippen molar-refractivity contribution < 1.29 is 9.84 Å². The molecule has 0 heterocycles. The predicted molar refractivity (Wildman–Crippen MR) is 72.0 cm³/mol. The molecule has 0 unspecified atom stereocenters. The zero-order chi connectivity index (χ0) is 12.8. The third-order valence-electron chi connectivity index (χ3n) is 4.80. The standard InChI is InChI=1S/C16H22O2/c1-16(17)8-7-15-12(10-16)4-3-11-9-13(18-2)5-6-14(11)15/h5-6,9,12,15,17H,3-4,7-8,10H2,1-2H3/t12-,15+,16+/m0/s1. The van der Waals surface area contributed by atoms with Gasteiger partial charge in [0, 0.05) is 0 Å². The molecule has 1 saturated carbocycles. The van der Waals surface area contributed by atoms with E-state index in [1.54, 1.807) is 7.11 Å². The molecule has 2 heteroatoms. The van der Waals surface area contributed by atoms with E-state index in [1.165, 1.54) is 17.5 Å². The monoisotopic (exact) mass is 246 g/mol. The summed E-state index contributed by atoms with van der Waals surface area (Å²) < 4.78 is 5.31. The molecule has 2 aliphatic carbocycles. The van der Waals surface area contributed by atoms with E-state index in [1.807, 2.05) is 6.92 Å². The van der Waals surface area contributed by atoms with Gasteiger partial charge in [0.1, 0.15) is 5.75 Å². The Bertz CT molecular complexity index is 450. The lowest BCUT2D eigenvalue weighted by atomic mass is 9.64. The van der Waals surface area contributed by atoms with Crippen LogP contribution >= 0.6 is 0 Å². The normalized spacial score (nSPS) is 34.6. The summed E-state index contributed by atoms with van der Waals surface area (Å²) in [6.45, 7) is 1.99. The van der Waals surface area contributed by atoms with Crippen molar-refractivity contribution in [3.05, 3.63) is 29.3 Å². The van der Waals surface area contributed by atoms with Gasteiger partial charge in [-0.3, -0.25) is 0 Å². The fourth-order valence-corrected chi connectivity index (χ4v) is 3.85. The molecule has 0 amide bonds. The predicted octanol–water partition coefficient (Wildman–Crippen LogP) is 3.28. The summed E-state index contributed by atoms with van der Waals surface area (Å²) in [5, 5.41) is 10.2. The fraction of sp³-hybridized carbons (Fsp3) is 0.625. The first kappa shape index (κ1) is 12.0. The van der Waals surface area contributed by atoms with Crippen LogP contribution in [0.1, 0.15) is 49.7 Å². The number of aryl methyl sites for hydroxylation is 1. The quantitative estimate of drug-likeness (QED) is 0.824. The second-order valence-corrected chi connectivity index (χ2v) is 6.21. The van der Waals surface area contributed by atoms with Gasteiger partial charge in [0.2, 0.25) is 0 Å². The summed E-state index contributed by atoms with van der Waals surface area (Å²) in [5.41, 5.74) is 2.52. The molecular weight excluding hydrogens is 224 g/mol. The Morgan fingerprint density at radius 3 is 2.94 bits per heavy atom. The van der Waals surface area contributed by atoms with Crippen LogP contribution in [0, 0.1) is 5.92 Å². The van der Waals surface area contributed by atoms with Gasteiger partial charge in [0.15, 0.2) is 0 Å². The summed E-state index contributed by atoms with van der Waals surface area (Å²) >= 11 is 0. The lowest BCUT2D eigenvalue weighted by molar-refractivity contribution is -0.0103.